The Balaban J connectivity index is 1.64. The summed E-state index contributed by atoms with van der Waals surface area (Å²) in [7, 11) is -3.34. The van der Waals surface area contributed by atoms with E-state index in [9.17, 15) is 17.6 Å². The molecule has 2 aromatic rings. The molecule has 8 heteroatoms. The van der Waals surface area contributed by atoms with E-state index in [1.54, 1.807) is 37.3 Å². The molecule has 146 valence electrons. The van der Waals surface area contributed by atoms with Crippen LogP contribution in [0.2, 0.25) is 0 Å². The van der Waals surface area contributed by atoms with Crippen LogP contribution in [0.15, 0.2) is 59.5 Å². The number of ether oxygens (including phenoxy) is 1. The molecule has 0 bridgehead atoms. The Morgan fingerprint density at radius 1 is 1.11 bits per heavy atom. The third-order valence-corrected chi connectivity index (χ3v) is 5.49. The van der Waals surface area contributed by atoms with E-state index in [2.05, 4.69) is 10.6 Å². The normalized spacial score (nSPS) is 12.2. The zero-order valence-electron chi connectivity index (χ0n) is 15.0. The number of hydrogen-bond donors (Lipinski definition) is 2. The number of benzene rings is 2. The molecule has 27 heavy (non-hydrogen) atoms. The highest BCUT2D eigenvalue weighted by molar-refractivity contribution is 7.91. The van der Waals surface area contributed by atoms with Crippen LogP contribution in [-0.4, -0.2) is 39.4 Å². The summed E-state index contributed by atoms with van der Waals surface area (Å²) in [5.74, 6) is 0.124. The Labute approximate surface area is 158 Å². The van der Waals surface area contributed by atoms with Gasteiger partial charge in [0.1, 0.15) is 18.2 Å². The van der Waals surface area contributed by atoms with Gasteiger partial charge < -0.3 is 15.4 Å². The van der Waals surface area contributed by atoms with Crippen LogP contribution < -0.4 is 15.4 Å². The lowest BCUT2D eigenvalue weighted by molar-refractivity contribution is 0.226. The monoisotopic (exact) mass is 394 g/mol. The molecule has 0 aliphatic rings. The molecule has 0 radical (unpaired) electrons. The third kappa shape index (κ3) is 7.26. The van der Waals surface area contributed by atoms with Crippen molar-refractivity contribution in [1.82, 2.24) is 10.6 Å². The maximum Gasteiger partial charge on any atom is 0.315 e. The molecule has 0 heterocycles. The summed E-state index contributed by atoms with van der Waals surface area (Å²) in [6.45, 7) is 2.23. The number of carbonyl (C=O) groups is 1. The number of rotatable bonds is 9. The highest BCUT2D eigenvalue weighted by atomic mass is 32.2. The SMILES string of the molecule is CC(COc1ccc(F)cc1)NC(=O)NCCCS(=O)(=O)c1ccccc1. The number of amides is 2. The van der Waals surface area contributed by atoms with E-state index in [0.717, 1.165) is 0 Å². The maximum atomic E-state index is 12.8. The Hall–Kier alpha value is -2.61. The second-order valence-electron chi connectivity index (χ2n) is 6.05. The van der Waals surface area contributed by atoms with Crippen LogP contribution >= 0.6 is 0 Å². The lowest BCUT2D eigenvalue weighted by Gasteiger charge is -2.15. The zero-order valence-corrected chi connectivity index (χ0v) is 15.8. The molecule has 2 amide bonds. The first-order chi connectivity index (χ1) is 12.9. The molecule has 2 N–H and O–H groups in total. The summed E-state index contributed by atoms with van der Waals surface area (Å²) in [4.78, 5) is 12.1. The molecule has 0 aliphatic carbocycles. The van der Waals surface area contributed by atoms with Crippen LogP contribution in [0, 0.1) is 5.82 Å². The van der Waals surface area contributed by atoms with Gasteiger partial charge >= 0.3 is 6.03 Å². The van der Waals surface area contributed by atoms with Gasteiger partial charge in [-0.3, -0.25) is 0 Å². The lowest BCUT2D eigenvalue weighted by Crippen LogP contribution is -2.43. The van der Waals surface area contributed by atoms with Crippen molar-refractivity contribution in [2.75, 3.05) is 18.9 Å². The molecular formula is C19H23FN2O4S. The second-order valence-corrected chi connectivity index (χ2v) is 8.16. The van der Waals surface area contributed by atoms with E-state index in [1.165, 1.54) is 24.3 Å². The van der Waals surface area contributed by atoms with Gasteiger partial charge in [0.15, 0.2) is 9.84 Å². The first-order valence-corrected chi connectivity index (χ1v) is 10.2. The quantitative estimate of drug-likeness (QED) is 0.641. The average molecular weight is 394 g/mol. The van der Waals surface area contributed by atoms with Crippen molar-refractivity contribution in [1.29, 1.82) is 0 Å². The van der Waals surface area contributed by atoms with Gasteiger partial charge in [0.2, 0.25) is 0 Å². The predicted octanol–water partition coefficient (Wildman–Crippen LogP) is 2.76. The lowest BCUT2D eigenvalue weighted by atomic mass is 10.3. The van der Waals surface area contributed by atoms with E-state index in [0.29, 0.717) is 12.2 Å². The van der Waals surface area contributed by atoms with Crippen LogP contribution in [0.5, 0.6) is 5.75 Å². The highest BCUT2D eigenvalue weighted by Crippen LogP contribution is 2.11. The smallest absolute Gasteiger partial charge is 0.315 e. The molecule has 0 saturated heterocycles. The minimum atomic E-state index is -3.34. The van der Waals surface area contributed by atoms with Crippen LogP contribution in [0.1, 0.15) is 13.3 Å². The highest BCUT2D eigenvalue weighted by Gasteiger charge is 2.13. The molecule has 0 spiro atoms. The number of carbonyl (C=O) groups excluding carboxylic acids is 1. The van der Waals surface area contributed by atoms with Gasteiger partial charge in [-0.15, -0.1) is 0 Å². The van der Waals surface area contributed by atoms with Crippen LogP contribution in [0.4, 0.5) is 9.18 Å². The summed E-state index contributed by atoms with van der Waals surface area (Å²) >= 11 is 0. The second kappa shape index (κ2) is 9.91. The molecule has 1 unspecified atom stereocenters. The van der Waals surface area contributed by atoms with E-state index in [1.807, 2.05) is 0 Å². The number of sulfone groups is 1. The number of halogens is 1. The van der Waals surface area contributed by atoms with Gasteiger partial charge in [0.25, 0.3) is 0 Å². The molecule has 0 aromatic heterocycles. The summed E-state index contributed by atoms with van der Waals surface area (Å²) in [5.41, 5.74) is 0. The van der Waals surface area contributed by atoms with E-state index < -0.39 is 15.9 Å². The van der Waals surface area contributed by atoms with E-state index in [4.69, 9.17) is 4.74 Å². The molecule has 0 fully saturated rings. The predicted molar refractivity (Wildman–Crippen MR) is 101 cm³/mol. The molecule has 1 atom stereocenters. The Kier molecular flexibility index (Phi) is 7.60. The summed E-state index contributed by atoms with van der Waals surface area (Å²) in [6.07, 6.45) is 0.311. The number of urea groups is 1. The molecular weight excluding hydrogens is 371 g/mol. The van der Waals surface area contributed by atoms with Crippen molar-refractivity contribution in [3.05, 3.63) is 60.4 Å². The van der Waals surface area contributed by atoms with Gasteiger partial charge in [-0.05, 0) is 49.7 Å². The van der Waals surface area contributed by atoms with Gasteiger partial charge in [0, 0.05) is 6.54 Å². The number of nitrogens with one attached hydrogen (secondary N) is 2. The summed E-state index contributed by atoms with van der Waals surface area (Å²) in [6, 6.07) is 13.1. The van der Waals surface area contributed by atoms with Crippen LogP contribution in [0.25, 0.3) is 0 Å². The standard InChI is InChI=1S/C19H23FN2O4S/c1-15(14-26-17-10-8-16(20)9-11-17)22-19(23)21-12-5-13-27(24,25)18-6-3-2-4-7-18/h2-4,6-11,15H,5,12-14H2,1H3,(H2,21,22,23). The Morgan fingerprint density at radius 3 is 2.44 bits per heavy atom. The van der Waals surface area contributed by atoms with Crippen molar-refractivity contribution < 1.29 is 22.3 Å². The summed E-state index contributed by atoms with van der Waals surface area (Å²) < 4.78 is 42.5. The fourth-order valence-corrected chi connectivity index (χ4v) is 3.61. The molecule has 2 rings (SSSR count). The minimum absolute atomic E-state index is 0.0411. The van der Waals surface area contributed by atoms with Gasteiger partial charge in [-0.2, -0.15) is 0 Å². The van der Waals surface area contributed by atoms with Crippen LogP contribution in [0.3, 0.4) is 0 Å². The molecule has 0 saturated carbocycles. The molecule has 0 aliphatic heterocycles. The minimum Gasteiger partial charge on any atom is -0.491 e. The fourth-order valence-electron chi connectivity index (χ4n) is 2.28. The van der Waals surface area contributed by atoms with Crippen molar-refractivity contribution >= 4 is 15.9 Å². The van der Waals surface area contributed by atoms with Gasteiger partial charge in [-0.25, -0.2) is 17.6 Å². The van der Waals surface area contributed by atoms with Gasteiger partial charge in [0.05, 0.1) is 16.7 Å². The first-order valence-electron chi connectivity index (χ1n) is 8.57. The fraction of sp³-hybridized carbons (Fsp3) is 0.316. The van der Waals surface area contributed by atoms with Crippen molar-refractivity contribution in [3.63, 3.8) is 0 Å². The summed E-state index contributed by atoms with van der Waals surface area (Å²) in [5, 5.41) is 5.32. The Bertz CT molecular complexity index is 827. The van der Waals surface area contributed by atoms with Gasteiger partial charge in [-0.1, -0.05) is 18.2 Å². The Morgan fingerprint density at radius 2 is 1.78 bits per heavy atom. The average Bonchev–Trinajstić information content (AvgIpc) is 2.65. The third-order valence-electron chi connectivity index (χ3n) is 3.67. The maximum absolute atomic E-state index is 12.8. The molecule has 6 nitrogen and oxygen atoms in total. The first kappa shape index (κ1) is 20.7. The zero-order chi connectivity index (χ0) is 19.7. The number of hydrogen-bond acceptors (Lipinski definition) is 4. The van der Waals surface area contributed by atoms with Crippen molar-refractivity contribution in [2.24, 2.45) is 0 Å². The van der Waals surface area contributed by atoms with Crippen molar-refractivity contribution in [3.8, 4) is 5.75 Å². The largest absolute Gasteiger partial charge is 0.491 e. The van der Waals surface area contributed by atoms with E-state index in [-0.39, 0.29) is 35.7 Å². The van der Waals surface area contributed by atoms with E-state index >= 15 is 0 Å². The van der Waals surface area contributed by atoms with Crippen LogP contribution in [-0.2, 0) is 9.84 Å². The van der Waals surface area contributed by atoms with Crippen molar-refractivity contribution in [2.45, 2.75) is 24.3 Å². The topological polar surface area (TPSA) is 84.5 Å². The molecule has 2 aromatic carbocycles.